The fraction of sp³-hybridized carbons (Fsp3) is 0.160. The third kappa shape index (κ3) is 4.38. The lowest BCUT2D eigenvalue weighted by molar-refractivity contribution is -0.112. The van der Waals surface area contributed by atoms with Crippen LogP contribution in [-0.4, -0.2) is 35.0 Å². The number of amides is 1. The lowest BCUT2D eigenvalue weighted by atomic mass is 10.0. The molecule has 0 atom stereocenters. The van der Waals surface area contributed by atoms with Gasteiger partial charge in [0.05, 0.1) is 12.8 Å². The molecule has 2 aromatic heterocycles. The number of Topliss-reactive ketones (excluding diaryl/α,β-unsaturated/α-hetero) is 1. The molecule has 7 nitrogen and oxygen atoms in total. The number of carbonyl (C=O) groups excluding carboxylic acids is 2. The summed E-state index contributed by atoms with van der Waals surface area (Å²) < 4.78 is 12.3. The number of hydrogen-bond donors (Lipinski definition) is 1. The number of ether oxygens (including phenoxy) is 1. The molecule has 0 aliphatic carbocycles. The molecule has 0 radical (unpaired) electrons. The molecule has 2 aromatic carbocycles. The molecule has 0 saturated heterocycles. The number of nitrogens with zero attached hydrogens (tertiary/aromatic N) is 2. The normalized spacial score (nSPS) is 10.8. The predicted octanol–water partition coefficient (Wildman–Crippen LogP) is 4.59. The maximum absolute atomic E-state index is 13.3. The largest absolute Gasteiger partial charge is 0.445 e. The minimum Gasteiger partial charge on any atom is -0.445 e. The predicted molar refractivity (Wildman–Crippen MR) is 121 cm³/mol. The first-order chi connectivity index (χ1) is 15.6. The number of carbonyl (C=O) groups is 2. The molecule has 4 aromatic rings. The van der Waals surface area contributed by atoms with E-state index in [0.717, 1.165) is 22.4 Å². The summed E-state index contributed by atoms with van der Waals surface area (Å²) in [7, 11) is 1.60. The van der Waals surface area contributed by atoms with Crippen molar-refractivity contribution in [3.63, 3.8) is 0 Å². The molecule has 2 heterocycles. The lowest BCUT2D eigenvalue weighted by Crippen LogP contribution is -2.26. The Labute approximate surface area is 185 Å². The van der Waals surface area contributed by atoms with Gasteiger partial charge in [-0.25, -0.2) is 4.98 Å². The third-order valence-electron chi connectivity index (χ3n) is 5.15. The van der Waals surface area contributed by atoms with Crippen LogP contribution in [0.25, 0.3) is 22.6 Å². The highest BCUT2D eigenvalue weighted by atomic mass is 16.5. The van der Waals surface area contributed by atoms with Gasteiger partial charge in [-0.1, -0.05) is 30.3 Å². The number of anilines is 1. The van der Waals surface area contributed by atoms with Gasteiger partial charge in [-0.15, -0.1) is 0 Å². The van der Waals surface area contributed by atoms with E-state index in [1.54, 1.807) is 37.6 Å². The van der Waals surface area contributed by atoms with Crippen molar-refractivity contribution in [3.05, 3.63) is 84.5 Å². The van der Waals surface area contributed by atoms with Crippen LogP contribution in [-0.2, 0) is 16.1 Å². The van der Waals surface area contributed by atoms with Crippen molar-refractivity contribution in [1.29, 1.82) is 0 Å². The first-order valence-electron chi connectivity index (χ1n) is 10.2. The molecular formula is C25H23N3O4. The molecule has 1 N–H and O–H groups in total. The van der Waals surface area contributed by atoms with Crippen LogP contribution in [0, 0.1) is 6.92 Å². The molecule has 1 amide bonds. The van der Waals surface area contributed by atoms with Gasteiger partial charge in [0.2, 0.25) is 5.89 Å². The summed E-state index contributed by atoms with van der Waals surface area (Å²) in [6.45, 7) is 2.81. The van der Waals surface area contributed by atoms with Crippen LogP contribution >= 0.6 is 0 Å². The zero-order valence-electron chi connectivity index (χ0n) is 17.9. The van der Waals surface area contributed by atoms with E-state index in [1.807, 2.05) is 47.9 Å². The van der Waals surface area contributed by atoms with Crippen LogP contribution in [0.2, 0.25) is 0 Å². The molecule has 0 spiro atoms. The van der Waals surface area contributed by atoms with E-state index in [2.05, 4.69) is 10.3 Å². The SMILES string of the molecule is COCCn1c(C)cc(-c2ccccc2)c1C(=O)C(=O)Nc1ccc(-c2ncco2)cc1. The van der Waals surface area contributed by atoms with Crippen molar-refractivity contribution in [3.8, 4) is 22.6 Å². The van der Waals surface area contributed by atoms with Crippen LogP contribution in [0.5, 0.6) is 0 Å². The van der Waals surface area contributed by atoms with E-state index < -0.39 is 11.7 Å². The molecular weight excluding hydrogens is 406 g/mol. The summed E-state index contributed by atoms with van der Waals surface area (Å²) in [5.74, 6) is -0.828. The first kappa shape index (κ1) is 21.3. The Morgan fingerprint density at radius 2 is 1.81 bits per heavy atom. The summed E-state index contributed by atoms with van der Waals surface area (Å²) >= 11 is 0. The highest BCUT2D eigenvalue weighted by molar-refractivity contribution is 6.47. The Hall–Kier alpha value is -3.97. The van der Waals surface area contributed by atoms with Crippen molar-refractivity contribution in [2.45, 2.75) is 13.5 Å². The zero-order valence-corrected chi connectivity index (χ0v) is 17.9. The Balaban J connectivity index is 1.62. The Morgan fingerprint density at radius 1 is 1.06 bits per heavy atom. The van der Waals surface area contributed by atoms with Crippen LogP contribution < -0.4 is 5.32 Å². The van der Waals surface area contributed by atoms with E-state index >= 15 is 0 Å². The minimum atomic E-state index is -0.706. The molecule has 7 heteroatoms. The van der Waals surface area contributed by atoms with Gasteiger partial charge in [-0.2, -0.15) is 0 Å². The summed E-state index contributed by atoms with van der Waals surface area (Å²) in [5, 5.41) is 2.70. The van der Waals surface area contributed by atoms with Crippen molar-refractivity contribution in [2.24, 2.45) is 0 Å². The summed E-state index contributed by atoms with van der Waals surface area (Å²) in [4.78, 5) is 30.3. The van der Waals surface area contributed by atoms with E-state index in [1.165, 1.54) is 6.26 Å². The highest BCUT2D eigenvalue weighted by Gasteiger charge is 2.26. The fourth-order valence-electron chi connectivity index (χ4n) is 3.59. The zero-order chi connectivity index (χ0) is 22.5. The summed E-state index contributed by atoms with van der Waals surface area (Å²) in [6.07, 6.45) is 3.06. The second-order valence-electron chi connectivity index (χ2n) is 7.26. The maximum Gasteiger partial charge on any atom is 0.298 e. The molecule has 32 heavy (non-hydrogen) atoms. The summed E-state index contributed by atoms with van der Waals surface area (Å²) in [5.41, 5.74) is 4.10. The van der Waals surface area contributed by atoms with Gasteiger partial charge in [-0.05, 0) is 42.8 Å². The van der Waals surface area contributed by atoms with Crippen molar-refractivity contribution in [2.75, 3.05) is 19.0 Å². The number of oxazole rings is 1. The average molecular weight is 429 g/mol. The maximum atomic E-state index is 13.3. The molecule has 162 valence electrons. The molecule has 0 bridgehead atoms. The van der Waals surface area contributed by atoms with E-state index in [0.29, 0.717) is 30.4 Å². The van der Waals surface area contributed by atoms with E-state index in [9.17, 15) is 9.59 Å². The average Bonchev–Trinajstić information content (AvgIpc) is 3.46. The van der Waals surface area contributed by atoms with Crippen molar-refractivity contribution >= 4 is 17.4 Å². The fourth-order valence-corrected chi connectivity index (χ4v) is 3.59. The van der Waals surface area contributed by atoms with E-state index in [4.69, 9.17) is 9.15 Å². The topological polar surface area (TPSA) is 86.4 Å². The van der Waals surface area contributed by atoms with Gasteiger partial charge in [0.15, 0.2) is 0 Å². The highest BCUT2D eigenvalue weighted by Crippen LogP contribution is 2.28. The van der Waals surface area contributed by atoms with Gasteiger partial charge in [0.25, 0.3) is 11.7 Å². The summed E-state index contributed by atoms with van der Waals surface area (Å²) in [6, 6.07) is 18.4. The van der Waals surface area contributed by atoms with Gasteiger partial charge < -0.3 is 19.0 Å². The molecule has 0 unspecified atom stereocenters. The number of aromatic nitrogens is 2. The van der Waals surface area contributed by atoms with Gasteiger partial charge in [-0.3, -0.25) is 9.59 Å². The number of ketones is 1. The molecule has 0 saturated carbocycles. The Morgan fingerprint density at radius 3 is 2.47 bits per heavy atom. The second kappa shape index (κ2) is 9.45. The molecule has 0 fully saturated rings. The Kier molecular flexibility index (Phi) is 6.28. The van der Waals surface area contributed by atoms with Gasteiger partial charge in [0.1, 0.15) is 12.0 Å². The molecule has 4 rings (SSSR count). The second-order valence-corrected chi connectivity index (χ2v) is 7.26. The minimum absolute atomic E-state index is 0.347. The number of aryl methyl sites for hydroxylation is 1. The smallest absolute Gasteiger partial charge is 0.298 e. The number of methoxy groups -OCH3 is 1. The number of benzene rings is 2. The Bertz CT molecular complexity index is 1210. The molecule has 0 aliphatic heterocycles. The van der Waals surface area contributed by atoms with Gasteiger partial charge in [0, 0.05) is 36.2 Å². The first-order valence-corrected chi connectivity index (χ1v) is 10.2. The molecule has 0 aliphatic rings. The standard InChI is InChI=1S/C25H23N3O4/c1-17-16-21(18-6-4-3-5-7-18)22(28(17)13-15-31-2)23(29)24(30)27-20-10-8-19(9-11-20)25-26-12-14-32-25/h3-12,14,16H,13,15H2,1-2H3,(H,27,30). The van der Waals surface area contributed by atoms with Gasteiger partial charge >= 0.3 is 0 Å². The van der Waals surface area contributed by atoms with E-state index in [-0.39, 0.29) is 0 Å². The van der Waals surface area contributed by atoms with Crippen molar-refractivity contribution < 1.29 is 18.7 Å². The van der Waals surface area contributed by atoms with Crippen LogP contribution in [0.1, 0.15) is 16.2 Å². The quantitative estimate of drug-likeness (QED) is 0.327. The lowest BCUT2D eigenvalue weighted by Gasteiger charge is -2.12. The third-order valence-corrected chi connectivity index (χ3v) is 5.15. The number of nitrogens with one attached hydrogen (secondary N) is 1. The monoisotopic (exact) mass is 429 g/mol. The van der Waals surface area contributed by atoms with Crippen LogP contribution in [0.15, 0.2) is 77.5 Å². The van der Waals surface area contributed by atoms with Crippen LogP contribution in [0.4, 0.5) is 5.69 Å². The number of rotatable bonds is 8. The van der Waals surface area contributed by atoms with Crippen LogP contribution in [0.3, 0.4) is 0 Å². The number of hydrogen-bond acceptors (Lipinski definition) is 5. The van der Waals surface area contributed by atoms with Crippen molar-refractivity contribution in [1.82, 2.24) is 9.55 Å².